The SMILES string of the molecule is Cc1cc(Nc2ncc(Cl)c(Nc3ccccc3S(=O)(=O)C(C)C)n2)c(OC(C)C)cc1C1CCN(C(=O)CCCC(=O)N[C@H](C(=O)N2C[C@H](O)C[C@H]2C(=O)NCc2ccc(-c3scnc3C)cc2)C(C)(C)C)CC1. The monoisotopic (exact) mass is 1080 g/mol. The number of nitrogens with zero attached hydrogens (tertiary/aromatic N) is 5. The maximum atomic E-state index is 14.2. The van der Waals surface area contributed by atoms with E-state index in [1.807, 2.05) is 95.3 Å². The number of β-amino-alcohol motifs (C(OH)–C–C–N with tert-alkyl or cyclic N) is 1. The molecule has 3 atom stereocenters. The number of piperidine rings is 1. The van der Waals surface area contributed by atoms with Crippen molar-refractivity contribution in [3.63, 3.8) is 0 Å². The average Bonchev–Trinajstić information content (AvgIpc) is 3.98. The summed E-state index contributed by atoms with van der Waals surface area (Å²) in [6.45, 7) is 17.9. The van der Waals surface area contributed by atoms with Crippen LogP contribution >= 0.6 is 22.9 Å². The van der Waals surface area contributed by atoms with Gasteiger partial charge in [-0.3, -0.25) is 19.2 Å². The van der Waals surface area contributed by atoms with E-state index >= 15 is 0 Å². The molecule has 2 saturated heterocycles. The van der Waals surface area contributed by atoms with E-state index in [1.165, 1.54) is 11.1 Å². The normalized spacial score (nSPS) is 16.8. The Labute approximate surface area is 449 Å². The molecule has 17 nitrogen and oxygen atoms in total. The molecule has 75 heavy (non-hydrogen) atoms. The van der Waals surface area contributed by atoms with Crippen molar-refractivity contribution in [3.05, 3.63) is 99.8 Å². The van der Waals surface area contributed by atoms with Gasteiger partial charge in [-0.15, -0.1) is 11.3 Å². The van der Waals surface area contributed by atoms with Crippen LogP contribution in [0.1, 0.15) is 115 Å². The van der Waals surface area contributed by atoms with E-state index in [1.54, 1.807) is 49.4 Å². The number of aliphatic hydroxyl groups is 1. The largest absolute Gasteiger partial charge is 0.489 e. The van der Waals surface area contributed by atoms with Gasteiger partial charge in [-0.25, -0.2) is 18.4 Å². The van der Waals surface area contributed by atoms with Gasteiger partial charge in [0, 0.05) is 45.4 Å². The third kappa shape index (κ3) is 14.0. The van der Waals surface area contributed by atoms with Crippen molar-refractivity contribution in [2.45, 2.75) is 148 Å². The molecule has 20 heteroatoms. The van der Waals surface area contributed by atoms with Crippen LogP contribution in [0.3, 0.4) is 0 Å². The lowest BCUT2D eigenvalue weighted by molar-refractivity contribution is -0.144. The number of carbonyl (C=O) groups excluding carboxylic acids is 4. The molecule has 0 saturated carbocycles. The number of aryl methyl sites for hydroxylation is 2. The van der Waals surface area contributed by atoms with Crippen LogP contribution in [-0.4, -0.2) is 111 Å². The highest BCUT2D eigenvalue weighted by Gasteiger charge is 2.44. The second-order valence-electron chi connectivity index (χ2n) is 21.1. The van der Waals surface area contributed by atoms with Crippen molar-refractivity contribution in [1.82, 2.24) is 35.4 Å². The molecule has 0 aliphatic carbocycles. The lowest BCUT2D eigenvalue weighted by atomic mass is 9.85. The highest BCUT2D eigenvalue weighted by atomic mass is 35.5. The van der Waals surface area contributed by atoms with E-state index in [4.69, 9.17) is 16.3 Å². The van der Waals surface area contributed by atoms with Crippen molar-refractivity contribution >= 4 is 79.5 Å². The molecule has 2 aromatic heterocycles. The maximum absolute atomic E-state index is 14.2. The number of amides is 4. The summed E-state index contributed by atoms with van der Waals surface area (Å²) in [5, 5.41) is 22.5. The van der Waals surface area contributed by atoms with Crippen LogP contribution in [0.15, 0.2) is 77.3 Å². The van der Waals surface area contributed by atoms with Gasteiger partial charge < -0.3 is 40.9 Å². The fraction of sp³-hybridized carbons (Fsp3) is 0.473. The Balaban J connectivity index is 0.911. The molecular formula is C55H70ClN9O8S2. The van der Waals surface area contributed by atoms with Crippen LogP contribution in [0.5, 0.6) is 5.75 Å². The zero-order valence-electron chi connectivity index (χ0n) is 44.2. The first-order valence-corrected chi connectivity index (χ1v) is 28.3. The number of nitrogens with one attached hydrogen (secondary N) is 4. The van der Waals surface area contributed by atoms with Crippen molar-refractivity contribution in [1.29, 1.82) is 0 Å². The summed E-state index contributed by atoms with van der Waals surface area (Å²) in [5.41, 5.74) is 7.05. The summed E-state index contributed by atoms with van der Waals surface area (Å²) in [7, 11) is -3.61. The molecule has 3 aromatic carbocycles. The third-order valence-corrected chi connectivity index (χ3v) is 17.0. The molecule has 4 amide bonds. The number of aromatic nitrogens is 3. The van der Waals surface area contributed by atoms with E-state index < -0.39 is 44.6 Å². The quantitative estimate of drug-likeness (QED) is 0.0521. The highest BCUT2D eigenvalue weighted by Crippen LogP contribution is 2.39. The first-order valence-electron chi connectivity index (χ1n) is 25.5. The number of carbonyl (C=O) groups is 4. The molecule has 4 heterocycles. The Kier molecular flexibility index (Phi) is 18.3. The number of anilines is 4. The third-order valence-electron chi connectivity index (χ3n) is 13.6. The zero-order chi connectivity index (χ0) is 54.4. The zero-order valence-corrected chi connectivity index (χ0v) is 46.6. The molecule has 5 aromatic rings. The summed E-state index contributed by atoms with van der Waals surface area (Å²) in [6, 6.07) is 16.6. The molecule has 0 unspecified atom stereocenters. The molecule has 2 aliphatic rings. The Morgan fingerprint density at radius 3 is 2.29 bits per heavy atom. The Morgan fingerprint density at radius 2 is 1.64 bits per heavy atom. The van der Waals surface area contributed by atoms with Crippen LogP contribution in [0.4, 0.5) is 23.1 Å². The summed E-state index contributed by atoms with van der Waals surface area (Å²) in [5.74, 6) is -0.0582. The lowest BCUT2D eigenvalue weighted by Gasteiger charge is -2.35. The molecule has 0 spiro atoms. The first kappa shape index (κ1) is 56.6. The first-order chi connectivity index (χ1) is 35.5. The minimum atomic E-state index is -3.61. The van der Waals surface area contributed by atoms with Crippen molar-refractivity contribution in [2.75, 3.05) is 30.3 Å². The van der Waals surface area contributed by atoms with E-state index in [2.05, 4.69) is 36.2 Å². The number of thiazole rings is 1. The molecular weight excluding hydrogens is 1010 g/mol. The van der Waals surface area contributed by atoms with Crippen LogP contribution in [-0.2, 0) is 35.6 Å². The van der Waals surface area contributed by atoms with Gasteiger partial charge in [-0.05, 0) is 119 Å². The maximum Gasteiger partial charge on any atom is 0.246 e. The number of para-hydroxylation sites is 1. The van der Waals surface area contributed by atoms with Gasteiger partial charge in [0.2, 0.25) is 29.6 Å². The van der Waals surface area contributed by atoms with Gasteiger partial charge >= 0.3 is 0 Å². The number of sulfone groups is 1. The number of hydrogen-bond donors (Lipinski definition) is 5. The van der Waals surface area contributed by atoms with Gasteiger partial charge in [0.05, 0.1) is 56.0 Å². The Hall–Kier alpha value is -6.15. The van der Waals surface area contributed by atoms with Crippen molar-refractivity contribution in [3.8, 4) is 16.2 Å². The van der Waals surface area contributed by atoms with E-state index in [0.717, 1.165) is 45.7 Å². The molecule has 7 rings (SSSR count). The number of likely N-dealkylation sites (tertiary alicyclic amines) is 2. The van der Waals surface area contributed by atoms with Crippen LogP contribution in [0, 0.1) is 19.3 Å². The van der Waals surface area contributed by atoms with Gasteiger partial charge in [-0.1, -0.05) is 68.8 Å². The van der Waals surface area contributed by atoms with E-state index in [9.17, 15) is 32.7 Å². The fourth-order valence-electron chi connectivity index (χ4n) is 9.44. The van der Waals surface area contributed by atoms with Crippen molar-refractivity contribution in [2.24, 2.45) is 5.41 Å². The number of benzene rings is 3. The van der Waals surface area contributed by atoms with Crippen LogP contribution in [0.25, 0.3) is 10.4 Å². The average molecular weight is 1080 g/mol. The standard InChI is InChI=1S/C55H70ClN9O8S2/c1-32(2)73-45-27-40(34(5)25-43(45)61-54-58-29-41(56)51(63-54)60-42-13-10-11-14-46(42)75(71,72)33(3)4)37-21-23-64(24-22-37)48(68)16-12-15-47(67)62-50(55(7,8)9)53(70)65-30-39(66)26-44(65)52(69)57-28-36-17-19-38(20-18-36)49-35(6)59-31-74-49/h10-11,13-14,17-20,25,27,29,31-33,37,39,44,50,66H,12,15-16,21-24,26,28,30H2,1-9H3,(H,57,69)(H,62,67)(H2,58,60,61,63)/t39-,44+,50-/m1/s1. The summed E-state index contributed by atoms with van der Waals surface area (Å²) in [6.07, 6.45) is 2.41. The molecule has 402 valence electrons. The topological polar surface area (TPSA) is 225 Å². The predicted octanol–water partition coefficient (Wildman–Crippen LogP) is 9.01. The molecule has 0 radical (unpaired) electrons. The summed E-state index contributed by atoms with van der Waals surface area (Å²) < 4.78 is 32.6. The molecule has 0 bridgehead atoms. The number of halogens is 1. The molecule has 5 N–H and O–H groups in total. The van der Waals surface area contributed by atoms with E-state index in [-0.39, 0.29) is 83.8 Å². The minimum Gasteiger partial charge on any atom is -0.489 e. The van der Waals surface area contributed by atoms with Gasteiger partial charge in [0.15, 0.2) is 15.7 Å². The lowest BCUT2D eigenvalue weighted by Crippen LogP contribution is -2.57. The van der Waals surface area contributed by atoms with Crippen LogP contribution in [0.2, 0.25) is 5.02 Å². The van der Waals surface area contributed by atoms with Crippen LogP contribution < -0.4 is 26.0 Å². The summed E-state index contributed by atoms with van der Waals surface area (Å²) in [4.78, 5) is 72.5. The fourth-order valence-corrected chi connectivity index (χ4v) is 11.6. The number of ether oxygens (including phenoxy) is 1. The van der Waals surface area contributed by atoms with Crippen molar-refractivity contribution < 1.29 is 37.4 Å². The number of hydrogen-bond acceptors (Lipinski definition) is 14. The highest BCUT2D eigenvalue weighted by molar-refractivity contribution is 7.92. The molecule has 2 aliphatic heterocycles. The van der Waals surface area contributed by atoms with E-state index in [0.29, 0.717) is 36.6 Å². The second kappa shape index (κ2) is 24.2. The van der Waals surface area contributed by atoms with Gasteiger partial charge in [-0.2, -0.15) is 4.98 Å². The summed E-state index contributed by atoms with van der Waals surface area (Å²) >= 11 is 8.09. The number of aliphatic hydroxyl groups excluding tert-OH is 1. The Morgan fingerprint density at radius 1 is 0.933 bits per heavy atom. The Bertz CT molecular complexity index is 2970. The van der Waals surface area contributed by atoms with Gasteiger partial charge in [0.25, 0.3) is 0 Å². The molecule has 2 fully saturated rings. The predicted molar refractivity (Wildman–Crippen MR) is 293 cm³/mol. The second-order valence-corrected chi connectivity index (χ2v) is 24.8. The smallest absolute Gasteiger partial charge is 0.246 e. The number of rotatable bonds is 19. The van der Waals surface area contributed by atoms with Gasteiger partial charge in [0.1, 0.15) is 22.9 Å². The minimum absolute atomic E-state index is 0.0314.